The van der Waals surface area contributed by atoms with E-state index in [4.69, 9.17) is 5.73 Å². The molecule has 0 fully saturated rings. The van der Waals surface area contributed by atoms with Crippen molar-refractivity contribution in [3.05, 3.63) is 59.0 Å². The van der Waals surface area contributed by atoms with Crippen molar-refractivity contribution in [1.82, 2.24) is 4.98 Å². The normalized spacial score (nSPS) is 10.4. The number of nitrogens with zero attached hydrogens (tertiary/aromatic N) is 1. The summed E-state index contributed by atoms with van der Waals surface area (Å²) in [6.45, 7) is 1.95. The zero-order valence-electron chi connectivity index (χ0n) is 9.07. The second kappa shape index (κ2) is 4.31. The van der Waals surface area contributed by atoms with Gasteiger partial charge in [0.2, 0.25) is 0 Å². The molecular weight excluding hydrogens is 203 g/mol. The molecule has 2 nitrogen and oxygen atoms in total. The van der Waals surface area contributed by atoms with Gasteiger partial charge in [-0.05, 0) is 30.2 Å². The number of benzene rings is 1. The summed E-state index contributed by atoms with van der Waals surface area (Å²) in [6, 6.07) is 8.60. The van der Waals surface area contributed by atoms with E-state index >= 15 is 0 Å². The first-order valence-electron chi connectivity index (χ1n) is 5.12. The fourth-order valence-electron chi connectivity index (χ4n) is 1.67. The van der Waals surface area contributed by atoms with Gasteiger partial charge in [0.1, 0.15) is 11.6 Å². The summed E-state index contributed by atoms with van der Waals surface area (Å²) in [5.74, 6) is 0.272. The Bertz CT molecular complexity index is 489. The zero-order valence-corrected chi connectivity index (χ0v) is 9.07. The van der Waals surface area contributed by atoms with E-state index in [0.29, 0.717) is 17.8 Å². The topological polar surface area (TPSA) is 38.9 Å². The summed E-state index contributed by atoms with van der Waals surface area (Å²) in [4.78, 5) is 4.02. The molecule has 0 aliphatic rings. The minimum absolute atomic E-state index is 0.204. The van der Waals surface area contributed by atoms with Gasteiger partial charge in [0, 0.05) is 18.2 Å². The Morgan fingerprint density at radius 1 is 1.25 bits per heavy atom. The van der Waals surface area contributed by atoms with Crippen LogP contribution in [0.2, 0.25) is 0 Å². The number of anilines is 1. The Morgan fingerprint density at radius 2 is 2.00 bits per heavy atom. The van der Waals surface area contributed by atoms with Crippen LogP contribution in [0.1, 0.15) is 16.7 Å². The molecule has 0 amide bonds. The maximum atomic E-state index is 13.5. The minimum atomic E-state index is -0.204. The van der Waals surface area contributed by atoms with Gasteiger partial charge in [0.15, 0.2) is 0 Å². The lowest BCUT2D eigenvalue weighted by molar-refractivity contribution is 0.614. The van der Waals surface area contributed by atoms with Crippen molar-refractivity contribution in [2.45, 2.75) is 13.3 Å². The molecule has 0 radical (unpaired) electrons. The van der Waals surface area contributed by atoms with Crippen molar-refractivity contribution in [2.24, 2.45) is 0 Å². The van der Waals surface area contributed by atoms with Crippen molar-refractivity contribution in [1.29, 1.82) is 0 Å². The van der Waals surface area contributed by atoms with Crippen LogP contribution in [0.3, 0.4) is 0 Å². The lowest BCUT2D eigenvalue weighted by Crippen LogP contribution is -2.02. The highest BCUT2D eigenvalue weighted by atomic mass is 19.1. The van der Waals surface area contributed by atoms with Gasteiger partial charge < -0.3 is 5.73 Å². The maximum Gasteiger partial charge on any atom is 0.127 e. The van der Waals surface area contributed by atoms with E-state index in [1.165, 1.54) is 6.07 Å². The van der Waals surface area contributed by atoms with Gasteiger partial charge in [0.05, 0.1) is 0 Å². The van der Waals surface area contributed by atoms with Gasteiger partial charge in [-0.15, -0.1) is 0 Å². The molecule has 0 aliphatic carbocycles. The first kappa shape index (κ1) is 10.6. The van der Waals surface area contributed by atoms with Crippen LogP contribution in [0, 0.1) is 12.7 Å². The molecule has 2 rings (SSSR count). The van der Waals surface area contributed by atoms with Crippen molar-refractivity contribution < 1.29 is 4.39 Å². The van der Waals surface area contributed by atoms with Gasteiger partial charge in [-0.25, -0.2) is 9.37 Å². The Hall–Kier alpha value is -1.90. The van der Waals surface area contributed by atoms with Crippen LogP contribution >= 0.6 is 0 Å². The van der Waals surface area contributed by atoms with Crippen LogP contribution < -0.4 is 5.73 Å². The van der Waals surface area contributed by atoms with Crippen molar-refractivity contribution in [3.63, 3.8) is 0 Å². The SMILES string of the molecule is Cc1ccnc(N)c1Cc1ccccc1F. The number of aromatic nitrogens is 1. The number of hydrogen-bond donors (Lipinski definition) is 1. The van der Waals surface area contributed by atoms with E-state index in [0.717, 1.165) is 11.1 Å². The summed E-state index contributed by atoms with van der Waals surface area (Å²) < 4.78 is 13.5. The fraction of sp³-hybridized carbons (Fsp3) is 0.154. The highest BCUT2D eigenvalue weighted by Gasteiger charge is 2.08. The van der Waals surface area contributed by atoms with E-state index in [9.17, 15) is 4.39 Å². The quantitative estimate of drug-likeness (QED) is 0.838. The molecule has 0 aliphatic heterocycles. The number of nitrogens with two attached hydrogens (primary N) is 1. The van der Waals surface area contributed by atoms with E-state index in [1.54, 1.807) is 18.3 Å². The van der Waals surface area contributed by atoms with Crippen LogP contribution in [-0.2, 0) is 6.42 Å². The molecule has 0 saturated carbocycles. The van der Waals surface area contributed by atoms with Crippen LogP contribution in [-0.4, -0.2) is 4.98 Å². The molecule has 1 aromatic heterocycles. The van der Waals surface area contributed by atoms with Crippen LogP contribution in [0.5, 0.6) is 0 Å². The smallest absolute Gasteiger partial charge is 0.127 e. The summed E-state index contributed by atoms with van der Waals surface area (Å²) >= 11 is 0. The molecule has 3 heteroatoms. The summed E-state index contributed by atoms with van der Waals surface area (Å²) in [6.07, 6.45) is 2.15. The van der Waals surface area contributed by atoms with E-state index in [2.05, 4.69) is 4.98 Å². The Labute approximate surface area is 93.9 Å². The van der Waals surface area contributed by atoms with E-state index in [1.807, 2.05) is 19.1 Å². The molecule has 0 atom stereocenters. The maximum absolute atomic E-state index is 13.5. The first-order valence-corrected chi connectivity index (χ1v) is 5.12. The predicted molar refractivity (Wildman–Crippen MR) is 62.6 cm³/mol. The molecule has 2 N–H and O–H groups in total. The molecule has 1 aromatic carbocycles. The number of hydrogen-bond acceptors (Lipinski definition) is 2. The van der Waals surface area contributed by atoms with E-state index in [-0.39, 0.29) is 5.82 Å². The number of pyridine rings is 1. The molecule has 0 unspecified atom stereocenters. The van der Waals surface area contributed by atoms with Gasteiger partial charge in [-0.3, -0.25) is 0 Å². The molecule has 16 heavy (non-hydrogen) atoms. The molecule has 82 valence electrons. The number of halogens is 1. The van der Waals surface area contributed by atoms with Crippen molar-refractivity contribution >= 4 is 5.82 Å². The largest absolute Gasteiger partial charge is 0.383 e. The van der Waals surface area contributed by atoms with Crippen molar-refractivity contribution in [2.75, 3.05) is 5.73 Å². The fourth-order valence-corrected chi connectivity index (χ4v) is 1.67. The number of rotatable bonds is 2. The zero-order chi connectivity index (χ0) is 11.5. The van der Waals surface area contributed by atoms with Crippen LogP contribution in [0.15, 0.2) is 36.5 Å². The van der Waals surface area contributed by atoms with Gasteiger partial charge in [-0.1, -0.05) is 18.2 Å². The average molecular weight is 216 g/mol. The monoisotopic (exact) mass is 216 g/mol. The summed E-state index contributed by atoms with van der Waals surface area (Å²) in [5, 5.41) is 0. The summed E-state index contributed by atoms with van der Waals surface area (Å²) in [7, 11) is 0. The van der Waals surface area contributed by atoms with Gasteiger partial charge in [0.25, 0.3) is 0 Å². The standard InChI is InChI=1S/C13H13FN2/c1-9-6-7-16-13(15)11(9)8-10-4-2-3-5-12(10)14/h2-7H,8H2,1H3,(H2,15,16). The second-order valence-electron chi connectivity index (χ2n) is 3.76. The minimum Gasteiger partial charge on any atom is -0.383 e. The third kappa shape index (κ3) is 2.03. The Morgan fingerprint density at radius 3 is 2.69 bits per heavy atom. The summed E-state index contributed by atoms with van der Waals surface area (Å²) in [5.41, 5.74) is 8.36. The predicted octanol–water partition coefficient (Wildman–Crippen LogP) is 2.70. The molecule has 2 aromatic rings. The Kier molecular flexibility index (Phi) is 2.86. The lowest BCUT2D eigenvalue weighted by Gasteiger charge is -2.08. The lowest BCUT2D eigenvalue weighted by atomic mass is 10.0. The second-order valence-corrected chi connectivity index (χ2v) is 3.76. The third-order valence-corrected chi connectivity index (χ3v) is 2.65. The molecular formula is C13H13FN2. The van der Waals surface area contributed by atoms with E-state index < -0.39 is 0 Å². The highest BCUT2D eigenvalue weighted by Crippen LogP contribution is 2.19. The highest BCUT2D eigenvalue weighted by molar-refractivity contribution is 5.46. The molecule has 0 spiro atoms. The van der Waals surface area contributed by atoms with Crippen LogP contribution in [0.25, 0.3) is 0 Å². The van der Waals surface area contributed by atoms with Crippen molar-refractivity contribution in [3.8, 4) is 0 Å². The Balaban J connectivity index is 2.38. The average Bonchev–Trinajstić information content (AvgIpc) is 2.26. The molecule has 0 bridgehead atoms. The number of aryl methyl sites for hydroxylation is 1. The van der Waals surface area contributed by atoms with Gasteiger partial charge in [-0.2, -0.15) is 0 Å². The molecule has 1 heterocycles. The van der Waals surface area contributed by atoms with Crippen LogP contribution in [0.4, 0.5) is 10.2 Å². The first-order chi connectivity index (χ1) is 7.68. The van der Waals surface area contributed by atoms with Gasteiger partial charge >= 0.3 is 0 Å². The molecule has 0 saturated heterocycles. The third-order valence-electron chi connectivity index (χ3n) is 2.65. The number of nitrogen functional groups attached to an aromatic ring is 1.